The van der Waals surface area contributed by atoms with Crippen molar-refractivity contribution in [1.82, 2.24) is 10.9 Å². The number of nitrogens with zero attached hydrogens (tertiary/aromatic N) is 1. The average Bonchev–Trinajstić information content (AvgIpc) is 2.78. The van der Waals surface area contributed by atoms with E-state index >= 15 is 0 Å². The van der Waals surface area contributed by atoms with Crippen LogP contribution in [0.2, 0.25) is 0 Å². The molecular weight excluding hydrogens is 436 g/mol. The van der Waals surface area contributed by atoms with Crippen LogP contribution in [0.15, 0.2) is 78.0 Å². The van der Waals surface area contributed by atoms with Crippen LogP contribution in [0.5, 0.6) is 5.75 Å². The largest absolute Gasteiger partial charge is 0.619 e. The number of sulfonamides is 1. The Morgan fingerprint density at radius 3 is 2.16 bits per heavy atom. The van der Waals surface area contributed by atoms with Crippen molar-refractivity contribution in [1.29, 1.82) is 0 Å². The molecule has 0 aliphatic heterocycles. The maximum atomic E-state index is 12.5. The van der Waals surface area contributed by atoms with E-state index in [0.29, 0.717) is 17.1 Å². The van der Waals surface area contributed by atoms with Gasteiger partial charge in [0.1, 0.15) is 11.3 Å². The van der Waals surface area contributed by atoms with Crippen LogP contribution in [-0.4, -0.2) is 26.8 Å². The number of pyridine rings is 1. The molecule has 2 amide bonds. The first-order valence-electron chi connectivity index (χ1n) is 9.44. The van der Waals surface area contributed by atoms with Crippen LogP contribution < -0.4 is 25.0 Å². The van der Waals surface area contributed by atoms with Crippen LogP contribution in [-0.2, 0) is 10.0 Å². The Balaban J connectivity index is 1.60. The van der Waals surface area contributed by atoms with E-state index in [1.807, 2.05) is 6.92 Å². The van der Waals surface area contributed by atoms with E-state index in [1.165, 1.54) is 54.7 Å². The molecular formula is C21H20N4O6S. The Kier molecular flexibility index (Phi) is 6.90. The number of benzene rings is 2. The molecule has 1 heterocycles. The van der Waals surface area contributed by atoms with E-state index in [-0.39, 0.29) is 21.7 Å². The summed E-state index contributed by atoms with van der Waals surface area (Å²) in [7, 11) is -3.82. The predicted molar refractivity (Wildman–Crippen MR) is 115 cm³/mol. The molecule has 10 nitrogen and oxygen atoms in total. The third-order valence-electron chi connectivity index (χ3n) is 4.17. The minimum Gasteiger partial charge on any atom is -0.619 e. The van der Waals surface area contributed by atoms with Gasteiger partial charge in [-0.1, -0.05) is 0 Å². The molecule has 3 aromatic rings. The second-order valence-corrected chi connectivity index (χ2v) is 8.13. The van der Waals surface area contributed by atoms with Gasteiger partial charge in [-0.05, 0) is 61.5 Å². The van der Waals surface area contributed by atoms with Gasteiger partial charge in [-0.15, -0.1) is 0 Å². The lowest BCUT2D eigenvalue weighted by Crippen LogP contribution is -2.42. The summed E-state index contributed by atoms with van der Waals surface area (Å²) in [4.78, 5) is 24.2. The first-order valence-corrected chi connectivity index (χ1v) is 10.9. The minimum absolute atomic E-state index is 0.0609. The molecule has 11 heteroatoms. The van der Waals surface area contributed by atoms with Crippen molar-refractivity contribution in [3.8, 4) is 5.75 Å². The van der Waals surface area contributed by atoms with Gasteiger partial charge >= 0.3 is 0 Å². The van der Waals surface area contributed by atoms with Gasteiger partial charge in [-0.25, -0.2) is 8.42 Å². The van der Waals surface area contributed by atoms with Gasteiger partial charge in [0, 0.05) is 17.3 Å². The van der Waals surface area contributed by atoms with Gasteiger partial charge in [0.05, 0.1) is 11.5 Å². The van der Waals surface area contributed by atoms with Gasteiger partial charge in [-0.2, -0.15) is 4.73 Å². The first kappa shape index (κ1) is 22.6. The Hall–Kier alpha value is -4.12. The molecule has 0 saturated heterocycles. The van der Waals surface area contributed by atoms with Gasteiger partial charge in [0.2, 0.25) is 0 Å². The second kappa shape index (κ2) is 9.79. The van der Waals surface area contributed by atoms with E-state index < -0.39 is 21.8 Å². The smallest absolute Gasteiger partial charge is 0.275 e. The van der Waals surface area contributed by atoms with Gasteiger partial charge in [0.15, 0.2) is 12.4 Å². The number of hydrogen-bond acceptors (Lipinski definition) is 6. The molecule has 2 aromatic carbocycles. The summed E-state index contributed by atoms with van der Waals surface area (Å²) in [6, 6.07) is 14.4. The van der Waals surface area contributed by atoms with Gasteiger partial charge in [-0.3, -0.25) is 25.2 Å². The van der Waals surface area contributed by atoms with Crippen LogP contribution in [0, 0.1) is 5.21 Å². The zero-order chi connectivity index (χ0) is 23.1. The highest BCUT2D eigenvalue weighted by Gasteiger charge is 2.15. The number of ether oxygens (including phenoxy) is 1. The van der Waals surface area contributed by atoms with Crippen molar-refractivity contribution in [2.75, 3.05) is 11.3 Å². The number of carbonyl (C=O) groups is 2. The van der Waals surface area contributed by atoms with E-state index in [0.717, 1.165) is 6.20 Å². The molecule has 0 atom stereocenters. The Labute approximate surface area is 184 Å². The molecule has 1 aromatic heterocycles. The van der Waals surface area contributed by atoms with Crippen molar-refractivity contribution < 1.29 is 27.5 Å². The Morgan fingerprint density at radius 1 is 0.938 bits per heavy atom. The van der Waals surface area contributed by atoms with Crippen molar-refractivity contribution in [3.63, 3.8) is 0 Å². The average molecular weight is 456 g/mol. The topological polar surface area (TPSA) is 141 Å². The molecule has 0 saturated carbocycles. The van der Waals surface area contributed by atoms with Crippen molar-refractivity contribution in [3.05, 3.63) is 89.4 Å². The van der Waals surface area contributed by atoms with Crippen molar-refractivity contribution >= 4 is 27.5 Å². The van der Waals surface area contributed by atoms with Gasteiger partial charge < -0.3 is 9.94 Å². The van der Waals surface area contributed by atoms with Crippen molar-refractivity contribution in [2.24, 2.45) is 0 Å². The number of nitrogens with one attached hydrogen (secondary N) is 3. The summed E-state index contributed by atoms with van der Waals surface area (Å²) in [6.45, 7) is 2.30. The van der Waals surface area contributed by atoms with Crippen molar-refractivity contribution in [2.45, 2.75) is 11.8 Å². The highest BCUT2D eigenvalue weighted by atomic mass is 32.2. The zero-order valence-corrected chi connectivity index (χ0v) is 17.8. The lowest BCUT2D eigenvalue weighted by Gasteiger charge is -2.10. The lowest BCUT2D eigenvalue weighted by molar-refractivity contribution is -0.605. The summed E-state index contributed by atoms with van der Waals surface area (Å²) in [5.74, 6) is -0.720. The zero-order valence-electron chi connectivity index (χ0n) is 16.9. The molecule has 32 heavy (non-hydrogen) atoms. The fraction of sp³-hybridized carbons (Fsp3) is 0.0952. The van der Waals surface area contributed by atoms with Gasteiger partial charge in [0.25, 0.3) is 21.8 Å². The summed E-state index contributed by atoms with van der Waals surface area (Å²) < 4.78 is 33.2. The first-order chi connectivity index (χ1) is 15.3. The highest BCUT2D eigenvalue weighted by molar-refractivity contribution is 7.92. The Bertz CT molecular complexity index is 1210. The summed E-state index contributed by atoms with van der Waals surface area (Å²) in [5, 5.41) is 11.2. The van der Waals surface area contributed by atoms with E-state index in [1.54, 1.807) is 12.1 Å². The second-order valence-electron chi connectivity index (χ2n) is 6.45. The Morgan fingerprint density at radius 2 is 1.56 bits per heavy atom. The number of carbonyl (C=O) groups excluding carboxylic acids is 2. The fourth-order valence-electron chi connectivity index (χ4n) is 2.63. The third-order valence-corrected chi connectivity index (χ3v) is 5.57. The SMILES string of the molecule is CCOc1ccc(S(=O)(=O)Nc2ccc(C(=O)NNC(=O)c3ccc[n+]([O-])c3)cc2)cc1. The van der Waals surface area contributed by atoms with Crippen LogP contribution in [0.25, 0.3) is 0 Å². The molecule has 3 rings (SSSR count). The lowest BCUT2D eigenvalue weighted by atomic mass is 10.2. The van der Waals surface area contributed by atoms with Crippen LogP contribution in [0.4, 0.5) is 5.69 Å². The van der Waals surface area contributed by atoms with E-state index in [9.17, 15) is 23.2 Å². The minimum atomic E-state index is -3.82. The quantitative estimate of drug-likeness (QED) is 0.280. The summed E-state index contributed by atoms with van der Waals surface area (Å²) in [6.07, 6.45) is 2.29. The number of amides is 2. The molecule has 0 aliphatic carbocycles. The molecule has 0 unspecified atom stereocenters. The molecule has 3 N–H and O–H groups in total. The molecule has 0 bridgehead atoms. The number of anilines is 1. The molecule has 0 aliphatic rings. The number of rotatable bonds is 7. The van der Waals surface area contributed by atoms with Crippen LogP contribution in [0.3, 0.4) is 0 Å². The maximum absolute atomic E-state index is 12.5. The maximum Gasteiger partial charge on any atom is 0.275 e. The van der Waals surface area contributed by atoms with Crippen LogP contribution >= 0.6 is 0 Å². The molecule has 166 valence electrons. The predicted octanol–water partition coefficient (Wildman–Crippen LogP) is 1.59. The molecule has 0 radical (unpaired) electrons. The standard InChI is InChI=1S/C21H20N4O6S/c1-2-31-18-9-11-19(12-10-18)32(29,30)24-17-7-5-15(6-8-17)20(26)22-23-21(27)16-4-3-13-25(28)14-16/h3-14,24H,2H2,1H3,(H,22,26)(H,23,27). The number of hydrogen-bond donors (Lipinski definition) is 3. The molecule has 0 spiro atoms. The highest BCUT2D eigenvalue weighted by Crippen LogP contribution is 2.19. The normalized spacial score (nSPS) is 10.8. The fourth-order valence-corrected chi connectivity index (χ4v) is 3.69. The van der Waals surface area contributed by atoms with E-state index in [2.05, 4.69) is 15.6 Å². The summed E-state index contributed by atoms with van der Waals surface area (Å²) >= 11 is 0. The number of aromatic nitrogens is 1. The number of hydrazine groups is 1. The van der Waals surface area contributed by atoms with Crippen LogP contribution in [0.1, 0.15) is 27.6 Å². The summed E-state index contributed by atoms with van der Waals surface area (Å²) in [5.41, 5.74) is 4.93. The van der Waals surface area contributed by atoms with E-state index in [4.69, 9.17) is 4.74 Å². The monoisotopic (exact) mass is 456 g/mol. The third kappa shape index (κ3) is 5.73. The molecule has 0 fully saturated rings.